The lowest BCUT2D eigenvalue weighted by Crippen LogP contribution is -2.55. The quantitative estimate of drug-likeness (QED) is 0.397. The third-order valence-corrected chi connectivity index (χ3v) is 6.04. The van der Waals surface area contributed by atoms with E-state index in [0.29, 0.717) is 5.56 Å². The van der Waals surface area contributed by atoms with Crippen LogP contribution in [0.1, 0.15) is 75.8 Å². The van der Waals surface area contributed by atoms with Crippen molar-refractivity contribution in [3.05, 3.63) is 70.8 Å². The van der Waals surface area contributed by atoms with Crippen molar-refractivity contribution in [2.75, 3.05) is 0 Å². The van der Waals surface area contributed by atoms with E-state index in [1.807, 2.05) is 62.4 Å². The topological polar surface area (TPSA) is 131 Å². The second-order valence-electron chi connectivity index (χ2n) is 11.0. The minimum atomic E-state index is -1.13. The summed E-state index contributed by atoms with van der Waals surface area (Å²) in [7, 11) is 0. The van der Waals surface area contributed by atoms with Crippen molar-refractivity contribution in [3.63, 3.8) is 0 Å². The molecule has 0 aliphatic heterocycles. The predicted molar refractivity (Wildman–Crippen MR) is 151 cm³/mol. The zero-order chi connectivity index (χ0) is 29.3. The highest BCUT2D eigenvalue weighted by atomic mass is 16.6. The first-order valence-corrected chi connectivity index (χ1v) is 13.2. The Labute approximate surface area is 231 Å². The number of nitrogens with zero attached hydrogens (tertiary/aromatic N) is 1. The number of carbonyl (C=O) groups excluding carboxylic acids is 4. The van der Waals surface area contributed by atoms with Gasteiger partial charge in [0.1, 0.15) is 17.7 Å². The van der Waals surface area contributed by atoms with Crippen LogP contribution in [0.15, 0.2) is 48.5 Å². The minimum Gasteiger partial charge on any atom is -0.444 e. The number of nitrogens with one attached hydrogen (secondary N) is 2. The second-order valence-corrected chi connectivity index (χ2v) is 11.0. The van der Waals surface area contributed by atoms with E-state index in [4.69, 9.17) is 10.5 Å². The van der Waals surface area contributed by atoms with Crippen molar-refractivity contribution >= 4 is 23.8 Å². The summed E-state index contributed by atoms with van der Waals surface area (Å²) >= 11 is 0. The third kappa shape index (κ3) is 9.74. The van der Waals surface area contributed by atoms with Gasteiger partial charge in [-0.25, -0.2) is 4.79 Å². The first-order chi connectivity index (χ1) is 18.2. The van der Waals surface area contributed by atoms with Crippen molar-refractivity contribution < 1.29 is 23.9 Å². The average Bonchev–Trinajstić information content (AvgIpc) is 2.83. The number of hydrogen-bond donors (Lipinski definition) is 3. The Morgan fingerprint density at radius 2 is 1.64 bits per heavy atom. The van der Waals surface area contributed by atoms with E-state index in [0.717, 1.165) is 16.7 Å². The van der Waals surface area contributed by atoms with Gasteiger partial charge in [-0.1, -0.05) is 54.1 Å². The normalized spacial score (nSPS) is 12.8. The van der Waals surface area contributed by atoms with Gasteiger partial charge < -0.3 is 26.0 Å². The molecule has 9 nitrogen and oxygen atoms in total. The van der Waals surface area contributed by atoms with Crippen LogP contribution in [0, 0.1) is 13.8 Å². The number of primary amides is 1. The van der Waals surface area contributed by atoms with Crippen LogP contribution in [0.25, 0.3) is 0 Å². The number of ether oxygens (including phenoxy) is 1. The van der Waals surface area contributed by atoms with Gasteiger partial charge in [-0.2, -0.15) is 0 Å². The van der Waals surface area contributed by atoms with Crippen molar-refractivity contribution in [2.24, 2.45) is 5.73 Å². The van der Waals surface area contributed by atoms with Gasteiger partial charge in [-0.05, 0) is 71.6 Å². The van der Waals surface area contributed by atoms with Crippen molar-refractivity contribution in [1.29, 1.82) is 0 Å². The van der Waals surface area contributed by atoms with Gasteiger partial charge in [-0.15, -0.1) is 0 Å². The van der Waals surface area contributed by atoms with Crippen LogP contribution >= 0.6 is 0 Å². The fourth-order valence-electron chi connectivity index (χ4n) is 4.29. The Bertz CT molecular complexity index is 1160. The number of aryl methyl sites for hydroxylation is 2. The Kier molecular flexibility index (Phi) is 11.1. The molecule has 0 aliphatic carbocycles. The summed E-state index contributed by atoms with van der Waals surface area (Å²) < 4.78 is 5.36. The summed E-state index contributed by atoms with van der Waals surface area (Å²) in [5, 5.41) is 5.57. The van der Waals surface area contributed by atoms with Gasteiger partial charge in [0, 0.05) is 19.0 Å². The molecule has 0 saturated heterocycles. The Morgan fingerprint density at radius 1 is 1.00 bits per heavy atom. The summed E-state index contributed by atoms with van der Waals surface area (Å²) in [5.41, 5.74) is 8.02. The molecule has 212 valence electrons. The van der Waals surface area contributed by atoms with Crippen molar-refractivity contribution in [3.8, 4) is 0 Å². The van der Waals surface area contributed by atoms with Gasteiger partial charge in [0.05, 0.1) is 0 Å². The molecule has 9 heteroatoms. The zero-order valence-electron chi connectivity index (χ0n) is 24.0. The Hall–Kier alpha value is -3.88. The van der Waals surface area contributed by atoms with E-state index < -0.39 is 41.6 Å². The molecule has 4 N–H and O–H groups in total. The molecule has 2 aromatic rings. The third-order valence-electron chi connectivity index (χ3n) is 6.04. The lowest BCUT2D eigenvalue weighted by atomic mass is 9.95. The molecule has 0 radical (unpaired) electrons. The maximum atomic E-state index is 14.1. The predicted octanol–water partition coefficient (Wildman–Crippen LogP) is 4.06. The van der Waals surface area contributed by atoms with Gasteiger partial charge in [0.15, 0.2) is 0 Å². The first kappa shape index (κ1) is 31.3. The first-order valence-electron chi connectivity index (χ1n) is 13.2. The lowest BCUT2D eigenvalue weighted by Gasteiger charge is -2.37. The highest BCUT2D eigenvalue weighted by Crippen LogP contribution is 2.29. The van der Waals surface area contributed by atoms with Gasteiger partial charge in [-0.3, -0.25) is 14.4 Å². The van der Waals surface area contributed by atoms with Crippen molar-refractivity contribution in [2.45, 2.75) is 91.6 Å². The maximum absolute atomic E-state index is 14.1. The standard InChI is InChI=1S/C30H42N4O5/c1-19(2)34(28(37)24(15-16-25(31)35)33-29(38)39-30(5,6)7)26(23-14-13-20(3)17-21(23)4)27(36)32-18-22-11-9-8-10-12-22/h8-14,17,19,24,26H,15-16,18H2,1-7H3,(H2,31,35)(H,32,36)(H,33,38). The van der Waals surface area contributed by atoms with E-state index in [-0.39, 0.29) is 25.3 Å². The zero-order valence-corrected chi connectivity index (χ0v) is 24.0. The largest absolute Gasteiger partial charge is 0.444 e. The second kappa shape index (κ2) is 13.8. The van der Waals surface area contributed by atoms with Gasteiger partial charge in [0.25, 0.3) is 0 Å². The molecular formula is C30H42N4O5. The van der Waals surface area contributed by atoms with E-state index in [2.05, 4.69) is 10.6 Å². The van der Waals surface area contributed by atoms with Crippen LogP contribution in [0.4, 0.5) is 4.79 Å². The molecule has 2 aromatic carbocycles. The van der Waals surface area contributed by atoms with E-state index in [1.54, 1.807) is 34.6 Å². The maximum Gasteiger partial charge on any atom is 0.408 e. The number of benzene rings is 2. The molecule has 0 aromatic heterocycles. The van der Waals surface area contributed by atoms with E-state index in [1.165, 1.54) is 4.90 Å². The van der Waals surface area contributed by atoms with Crippen molar-refractivity contribution in [1.82, 2.24) is 15.5 Å². The van der Waals surface area contributed by atoms with Gasteiger partial charge >= 0.3 is 6.09 Å². The number of hydrogen-bond acceptors (Lipinski definition) is 5. The molecule has 4 amide bonds. The van der Waals surface area contributed by atoms with Crippen LogP contribution in [0.3, 0.4) is 0 Å². The molecule has 0 heterocycles. The molecule has 2 atom stereocenters. The molecule has 39 heavy (non-hydrogen) atoms. The monoisotopic (exact) mass is 538 g/mol. The Morgan fingerprint density at radius 3 is 2.18 bits per heavy atom. The number of rotatable bonds is 11. The number of nitrogens with two attached hydrogens (primary N) is 1. The van der Waals surface area contributed by atoms with Crippen LogP contribution in [0.5, 0.6) is 0 Å². The molecule has 0 saturated carbocycles. The molecule has 0 spiro atoms. The summed E-state index contributed by atoms with van der Waals surface area (Å²) in [6.07, 6.45) is -0.973. The van der Waals surface area contributed by atoms with Crippen LogP contribution < -0.4 is 16.4 Å². The fourth-order valence-corrected chi connectivity index (χ4v) is 4.29. The SMILES string of the molecule is Cc1ccc(C(C(=O)NCc2ccccc2)N(C(=O)C(CCC(N)=O)NC(=O)OC(C)(C)C)C(C)C)c(C)c1. The molecular weight excluding hydrogens is 496 g/mol. The Balaban J connectivity index is 2.50. The van der Waals surface area contributed by atoms with Crippen LogP contribution in [-0.4, -0.2) is 46.4 Å². The fraction of sp³-hybridized carbons (Fsp3) is 0.467. The average molecular weight is 539 g/mol. The van der Waals surface area contributed by atoms with E-state index >= 15 is 0 Å². The highest BCUT2D eigenvalue weighted by molar-refractivity contribution is 5.93. The number of carbonyl (C=O) groups is 4. The number of amides is 4. The molecule has 0 fully saturated rings. The minimum absolute atomic E-state index is 0.0398. The summed E-state index contributed by atoms with van der Waals surface area (Å²) in [4.78, 5) is 53.6. The summed E-state index contributed by atoms with van der Waals surface area (Å²) in [6, 6.07) is 12.6. The van der Waals surface area contributed by atoms with E-state index in [9.17, 15) is 19.2 Å². The molecule has 0 aliphatic rings. The number of alkyl carbamates (subject to hydrolysis) is 1. The van der Waals surface area contributed by atoms with Gasteiger partial charge in [0.2, 0.25) is 17.7 Å². The lowest BCUT2D eigenvalue weighted by molar-refractivity contribution is -0.145. The smallest absolute Gasteiger partial charge is 0.408 e. The highest BCUT2D eigenvalue weighted by Gasteiger charge is 2.38. The van der Waals surface area contributed by atoms with Crippen LogP contribution in [-0.2, 0) is 25.7 Å². The summed E-state index contributed by atoms with van der Waals surface area (Å²) in [5.74, 6) is -1.49. The molecule has 0 bridgehead atoms. The molecule has 2 rings (SSSR count). The molecule has 2 unspecified atom stereocenters. The van der Waals surface area contributed by atoms with Crippen LogP contribution in [0.2, 0.25) is 0 Å². The summed E-state index contributed by atoms with van der Waals surface area (Å²) in [6.45, 7) is 12.9.